The summed E-state index contributed by atoms with van der Waals surface area (Å²) in [5.41, 5.74) is -0.881. The van der Waals surface area contributed by atoms with E-state index in [0.717, 1.165) is 0 Å². The Balaban J connectivity index is 2.49. The molecule has 1 heterocycles. The van der Waals surface area contributed by atoms with E-state index < -0.39 is 11.4 Å². The average molecular weight is 211 g/mol. The summed E-state index contributed by atoms with van der Waals surface area (Å²) in [4.78, 5) is 0. The van der Waals surface area contributed by atoms with Crippen molar-refractivity contribution in [1.82, 2.24) is 5.32 Å². The van der Waals surface area contributed by atoms with Gasteiger partial charge in [-0.1, -0.05) is 6.07 Å². The van der Waals surface area contributed by atoms with E-state index in [-0.39, 0.29) is 5.56 Å². The normalized spacial score (nSPS) is 25.5. The third-order valence-corrected chi connectivity index (χ3v) is 2.79. The Morgan fingerprint density at radius 1 is 1.53 bits per heavy atom. The van der Waals surface area contributed by atoms with E-state index in [1.807, 2.05) is 0 Å². The van der Waals surface area contributed by atoms with Crippen LogP contribution in [0.3, 0.4) is 0 Å². The van der Waals surface area contributed by atoms with Gasteiger partial charge in [0.2, 0.25) is 0 Å². The molecule has 4 heteroatoms. The fourth-order valence-electron chi connectivity index (χ4n) is 2.02. The molecule has 3 nitrogen and oxygen atoms in total. The highest BCUT2D eigenvalue weighted by Gasteiger charge is 2.37. The Morgan fingerprint density at radius 2 is 2.33 bits per heavy atom. The predicted molar refractivity (Wildman–Crippen MR) is 54.3 cm³/mol. The van der Waals surface area contributed by atoms with E-state index in [4.69, 9.17) is 4.74 Å². The van der Waals surface area contributed by atoms with E-state index in [1.165, 1.54) is 13.2 Å². The van der Waals surface area contributed by atoms with Crippen molar-refractivity contribution >= 4 is 0 Å². The van der Waals surface area contributed by atoms with Crippen molar-refractivity contribution in [2.45, 2.75) is 12.0 Å². The molecular formula is C11H14FNO2. The molecule has 1 unspecified atom stereocenters. The first-order valence-electron chi connectivity index (χ1n) is 4.93. The number of aliphatic hydroxyl groups is 1. The van der Waals surface area contributed by atoms with Gasteiger partial charge in [0.15, 0.2) is 0 Å². The SMILES string of the molecule is COc1cccc(F)c1C1(O)CCNC1. The summed E-state index contributed by atoms with van der Waals surface area (Å²) in [5.74, 6) is -0.0123. The maximum atomic E-state index is 13.7. The van der Waals surface area contributed by atoms with E-state index >= 15 is 0 Å². The van der Waals surface area contributed by atoms with Crippen molar-refractivity contribution in [2.24, 2.45) is 0 Å². The molecule has 0 bridgehead atoms. The number of halogens is 1. The summed E-state index contributed by atoms with van der Waals surface area (Å²) in [5, 5.41) is 13.3. The Bertz CT molecular complexity index is 362. The van der Waals surface area contributed by atoms with Gasteiger partial charge in [0.25, 0.3) is 0 Å². The van der Waals surface area contributed by atoms with Crippen LogP contribution >= 0.6 is 0 Å². The molecule has 1 aliphatic heterocycles. The van der Waals surface area contributed by atoms with Crippen LogP contribution < -0.4 is 10.1 Å². The van der Waals surface area contributed by atoms with Gasteiger partial charge in [0.1, 0.15) is 17.2 Å². The number of benzene rings is 1. The first-order chi connectivity index (χ1) is 7.17. The zero-order valence-corrected chi connectivity index (χ0v) is 8.59. The Hall–Kier alpha value is -1.13. The topological polar surface area (TPSA) is 41.5 Å². The number of hydrogen-bond acceptors (Lipinski definition) is 3. The Morgan fingerprint density at radius 3 is 2.93 bits per heavy atom. The summed E-state index contributed by atoms with van der Waals surface area (Å²) in [6, 6.07) is 4.58. The number of β-amino-alcohol motifs (C(OH)–C–C–N with tert-alkyl or cyclic N) is 1. The molecule has 0 amide bonds. The van der Waals surface area contributed by atoms with Crippen LogP contribution in [0.4, 0.5) is 4.39 Å². The van der Waals surface area contributed by atoms with Gasteiger partial charge in [-0.15, -0.1) is 0 Å². The van der Waals surface area contributed by atoms with Crippen LogP contribution in [0.1, 0.15) is 12.0 Å². The molecule has 1 aliphatic rings. The minimum Gasteiger partial charge on any atom is -0.496 e. The number of hydrogen-bond donors (Lipinski definition) is 2. The first kappa shape index (κ1) is 10.4. The van der Waals surface area contributed by atoms with Gasteiger partial charge in [-0.3, -0.25) is 0 Å². The molecule has 0 aromatic heterocycles. The van der Waals surface area contributed by atoms with Crippen molar-refractivity contribution in [3.8, 4) is 5.75 Å². The smallest absolute Gasteiger partial charge is 0.133 e. The van der Waals surface area contributed by atoms with Gasteiger partial charge < -0.3 is 15.2 Å². The van der Waals surface area contributed by atoms with Gasteiger partial charge in [-0.2, -0.15) is 0 Å². The monoisotopic (exact) mass is 211 g/mol. The molecule has 0 spiro atoms. The number of nitrogens with one attached hydrogen (secondary N) is 1. The first-order valence-corrected chi connectivity index (χ1v) is 4.93. The third kappa shape index (κ3) is 1.70. The molecule has 0 radical (unpaired) electrons. The maximum Gasteiger partial charge on any atom is 0.133 e. The number of methoxy groups -OCH3 is 1. The third-order valence-electron chi connectivity index (χ3n) is 2.79. The van der Waals surface area contributed by atoms with Crippen molar-refractivity contribution in [3.05, 3.63) is 29.6 Å². The zero-order chi connectivity index (χ0) is 10.9. The van der Waals surface area contributed by atoms with Crippen LogP contribution in [0.15, 0.2) is 18.2 Å². The van der Waals surface area contributed by atoms with Gasteiger partial charge in [-0.25, -0.2) is 4.39 Å². The van der Waals surface area contributed by atoms with Crippen molar-refractivity contribution in [2.75, 3.05) is 20.2 Å². The largest absolute Gasteiger partial charge is 0.496 e. The molecular weight excluding hydrogens is 197 g/mol. The molecule has 2 rings (SSSR count). The van der Waals surface area contributed by atoms with Crippen LogP contribution in [0.5, 0.6) is 5.75 Å². The van der Waals surface area contributed by atoms with Crippen molar-refractivity contribution < 1.29 is 14.2 Å². The fraction of sp³-hybridized carbons (Fsp3) is 0.455. The van der Waals surface area contributed by atoms with Crippen molar-refractivity contribution in [1.29, 1.82) is 0 Å². The van der Waals surface area contributed by atoms with E-state index in [1.54, 1.807) is 12.1 Å². The van der Waals surface area contributed by atoms with E-state index in [0.29, 0.717) is 25.3 Å². The van der Waals surface area contributed by atoms with Gasteiger partial charge >= 0.3 is 0 Å². The lowest BCUT2D eigenvalue weighted by Crippen LogP contribution is -2.30. The van der Waals surface area contributed by atoms with Crippen LogP contribution in [0, 0.1) is 5.82 Å². The molecule has 1 saturated heterocycles. The Labute approximate surface area is 87.9 Å². The minimum atomic E-state index is -1.14. The molecule has 1 aromatic rings. The highest BCUT2D eigenvalue weighted by atomic mass is 19.1. The second-order valence-electron chi connectivity index (χ2n) is 3.78. The molecule has 82 valence electrons. The standard InChI is InChI=1S/C11H14FNO2/c1-15-9-4-2-3-8(12)10(9)11(14)5-6-13-7-11/h2-4,13-14H,5-7H2,1H3. The highest BCUT2D eigenvalue weighted by molar-refractivity contribution is 5.40. The summed E-state index contributed by atoms with van der Waals surface area (Å²) >= 11 is 0. The molecule has 2 N–H and O–H groups in total. The second kappa shape index (κ2) is 3.79. The molecule has 1 atom stereocenters. The number of rotatable bonds is 2. The van der Waals surface area contributed by atoms with Crippen LogP contribution in [0.2, 0.25) is 0 Å². The lowest BCUT2D eigenvalue weighted by atomic mass is 9.91. The lowest BCUT2D eigenvalue weighted by molar-refractivity contribution is 0.0521. The fourth-order valence-corrected chi connectivity index (χ4v) is 2.02. The number of ether oxygens (including phenoxy) is 1. The zero-order valence-electron chi connectivity index (χ0n) is 8.59. The maximum absolute atomic E-state index is 13.7. The average Bonchev–Trinajstić information content (AvgIpc) is 2.65. The molecule has 0 aliphatic carbocycles. The van der Waals surface area contributed by atoms with Crippen molar-refractivity contribution in [3.63, 3.8) is 0 Å². The summed E-state index contributed by atoms with van der Waals surface area (Å²) in [6.07, 6.45) is 0.504. The van der Waals surface area contributed by atoms with Gasteiger partial charge in [0, 0.05) is 6.54 Å². The lowest BCUT2D eigenvalue weighted by Gasteiger charge is -2.24. The second-order valence-corrected chi connectivity index (χ2v) is 3.78. The molecule has 15 heavy (non-hydrogen) atoms. The van der Waals surface area contributed by atoms with E-state index in [9.17, 15) is 9.50 Å². The van der Waals surface area contributed by atoms with Crippen LogP contribution in [-0.4, -0.2) is 25.3 Å². The summed E-state index contributed by atoms with van der Waals surface area (Å²) in [6.45, 7) is 1.05. The Kier molecular flexibility index (Phi) is 2.63. The van der Waals surface area contributed by atoms with E-state index in [2.05, 4.69) is 5.32 Å². The summed E-state index contributed by atoms with van der Waals surface area (Å²) in [7, 11) is 1.48. The quantitative estimate of drug-likeness (QED) is 0.767. The predicted octanol–water partition coefficient (Wildman–Crippen LogP) is 1.02. The molecule has 1 aromatic carbocycles. The molecule has 1 fully saturated rings. The van der Waals surface area contributed by atoms with Gasteiger partial charge in [0.05, 0.1) is 12.7 Å². The minimum absolute atomic E-state index is 0.262. The molecule has 0 saturated carbocycles. The van der Waals surface area contributed by atoms with Gasteiger partial charge in [-0.05, 0) is 25.1 Å². The summed E-state index contributed by atoms with van der Waals surface area (Å²) < 4.78 is 18.7. The van der Waals surface area contributed by atoms with Crippen LogP contribution in [-0.2, 0) is 5.60 Å². The van der Waals surface area contributed by atoms with Crippen LogP contribution in [0.25, 0.3) is 0 Å². The highest BCUT2D eigenvalue weighted by Crippen LogP contribution is 2.36.